The molecule has 0 aromatic carbocycles. The largest absolute Gasteiger partial charge is 0.462 e. The van der Waals surface area contributed by atoms with Crippen molar-refractivity contribution in [1.29, 1.82) is 0 Å². The van der Waals surface area contributed by atoms with Crippen LogP contribution >= 0.6 is 0 Å². The smallest absolute Gasteiger partial charge is 0.306 e. The summed E-state index contributed by atoms with van der Waals surface area (Å²) in [5.41, 5.74) is 0. The normalized spacial score (nSPS) is 12.6. The number of unbranched alkanes of at least 4 members (excludes halogenated alkanes) is 32. The first-order valence-corrected chi connectivity index (χ1v) is 31.6. The highest BCUT2D eigenvalue weighted by Gasteiger charge is 2.19. The van der Waals surface area contributed by atoms with E-state index in [4.69, 9.17) is 14.2 Å². The fourth-order valence-electron chi connectivity index (χ4n) is 8.87. The number of allylic oxidation sites excluding steroid dienone is 14. The van der Waals surface area contributed by atoms with Crippen LogP contribution in [-0.2, 0) is 28.6 Å². The van der Waals surface area contributed by atoms with E-state index in [1.807, 2.05) is 0 Å². The zero-order valence-electron chi connectivity index (χ0n) is 48.8. The van der Waals surface area contributed by atoms with Gasteiger partial charge in [0, 0.05) is 19.3 Å². The second-order valence-corrected chi connectivity index (χ2v) is 20.9. The zero-order chi connectivity index (χ0) is 53.6. The number of carbonyl (C=O) groups excluding carboxylic acids is 3. The summed E-state index contributed by atoms with van der Waals surface area (Å²) in [5, 5.41) is 0. The van der Waals surface area contributed by atoms with Crippen LogP contribution in [0.4, 0.5) is 0 Å². The van der Waals surface area contributed by atoms with Crippen LogP contribution in [0, 0.1) is 0 Å². The molecule has 0 aliphatic heterocycles. The molecule has 0 fully saturated rings. The van der Waals surface area contributed by atoms with Gasteiger partial charge in [-0.1, -0.05) is 260 Å². The average Bonchev–Trinajstić information content (AvgIpc) is 3.40. The summed E-state index contributed by atoms with van der Waals surface area (Å²) in [6, 6.07) is 0. The van der Waals surface area contributed by atoms with Crippen molar-refractivity contribution in [2.45, 2.75) is 316 Å². The van der Waals surface area contributed by atoms with Crippen LogP contribution in [0.25, 0.3) is 0 Å². The van der Waals surface area contributed by atoms with Crippen LogP contribution in [0.2, 0.25) is 0 Å². The molecule has 0 aliphatic carbocycles. The van der Waals surface area contributed by atoms with E-state index in [0.29, 0.717) is 19.3 Å². The minimum Gasteiger partial charge on any atom is -0.462 e. The number of ether oxygens (including phenoxy) is 3. The maximum Gasteiger partial charge on any atom is 0.306 e. The van der Waals surface area contributed by atoms with Crippen LogP contribution in [0.3, 0.4) is 0 Å². The Bertz CT molecular complexity index is 1420. The lowest BCUT2D eigenvalue weighted by Gasteiger charge is -2.18. The van der Waals surface area contributed by atoms with Gasteiger partial charge < -0.3 is 14.2 Å². The lowest BCUT2D eigenvalue weighted by atomic mass is 10.0. The van der Waals surface area contributed by atoms with Gasteiger partial charge in [-0.3, -0.25) is 14.4 Å². The van der Waals surface area contributed by atoms with Gasteiger partial charge in [-0.15, -0.1) is 0 Å². The summed E-state index contributed by atoms with van der Waals surface area (Å²) in [5.74, 6) is -0.912. The molecule has 74 heavy (non-hydrogen) atoms. The Balaban J connectivity index is 4.33. The second kappa shape index (κ2) is 62.1. The molecule has 0 amide bonds. The molecule has 1 atom stereocenters. The van der Waals surface area contributed by atoms with Crippen molar-refractivity contribution in [3.63, 3.8) is 0 Å². The molecule has 0 saturated heterocycles. The highest BCUT2D eigenvalue weighted by Crippen LogP contribution is 2.16. The number of hydrogen-bond donors (Lipinski definition) is 0. The standard InChI is InChI=1S/C68H118O6/c1-4-7-10-13-16-19-22-25-28-30-31-32-33-34-35-36-37-39-40-43-46-49-52-55-58-61-67(70)73-64-65(63-72-66(69)60-57-54-51-48-45-42-27-24-21-18-15-12-9-6-3)74-68(71)62-59-56-53-50-47-44-41-38-29-26-23-20-17-14-11-8-5-2/h8,11,17,20,22,24-27,29-31,41,44,65H,4-7,9-10,12-16,18-19,21,23,28,32-40,42-43,45-64H2,1-3H3/b11-8-,20-17-,25-22-,27-24-,29-26-,31-30-,44-41-. The van der Waals surface area contributed by atoms with Crippen LogP contribution in [0.5, 0.6) is 0 Å². The summed E-state index contributed by atoms with van der Waals surface area (Å²) in [6.45, 7) is 6.51. The van der Waals surface area contributed by atoms with Crippen molar-refractivity contribution in [2.24, 2.45) is 0 Å². The third-order valence-corrected chi connectivity index (χ3v) is 13.6. The molecule has 0 aliphatic rings. The molecule has 6 heteroatoms. The molecule has 1 unspecified atom stereocenters. The predicted molar refractivity (Wildman–Crippen MR) is 321 cm³/mol. The number of rotatable bonds is 57. The van der Waals surface area contributed by atoms with Gasteiger partial charge in [0.05, 0.1) is 0 Å². The lowest BCUT2D eigenvalue weighted by Crippen LogP contribution is -2.30. The zero-order valence-corrected chi connectivity index (χ0v) is 48.8. The summed E-state index contributed by atoms with van der Waals surface area (Å²) in [6.07, 6.45) is 81.6. The van der Waals surface area contributed by atoms with E-state index < -0.39 is 6.10 Å². The Hall–Kier alpha value is -3.41. The highest BCUT2D eigenvalue weighted by atomic mass is 16.6. The molecular weight excluding hydrogens is 913 g/mol. The van der Waals surface area contributed by atoms with Gasteiger partial charge in [-0.25, -0.2) is 0 Å². The molecule has 0 spiro atoms. The van der Waals surface area contributed by atoms with E-state index in [1.54, 1.807) is 0 Å². The van der Waals surface area contributed by atoms with Crippen molar-refractivity contribution < 1.29 is 28.6 Å². The molecule has 0 bridgehead atoms. The van der Waals surface area contributed by atoms with Crippen molar-refractivity contribution >= 4 is 17.9 Å². The van der Waals surface area contributed by atoms with Crippen LogP contribution in [0.15, 0.2) is 85.1 Å². The maximum absolute atomic E-state index is 12.9. The Morgan fingerprint density at radius 1 is 0.284 bits per heavy atom. The lowest BCUT2D eigenvalue weighted by molar-refractivity contribution is -0.167. The van der Waals surface area contributed by atoms with E-state index in [1.165, 1.54) is 161 Å². The van der Waals surface area contributed by atoms with Crippen LogP contribution in [0.1, 0.15) is 310 Å². The fourth-order valence-corrected chi connectivity index (χ4v) is 8.87. The highest BCUT2D eigenvalue weighted by molar-refractivity contribution is 5.71. The van der Waals surface area contributed by atoms with Gasteiger partial charge in [-0.2, -0.15) is 0 Å². The van der Waals surface area contributed by atoms with E-state index in [2.05, 4.69) is 106 Å². The van der Waals surface area contributed by atoms with Crippen molar-refractivity contribution in [1.82, 2.24) is 0 Å². The van der Waals surface area contributed by atoms with E-state index in [0.717, 1.165) is 109 Å². The predicted octanol–water partition coefficient (Wildman–Crippen LogP) is 21.5. The molecule has 0 aromatic rings. The minimum atomic E-state index is -0.794. The molecule has 426 valence electrons. The van der Waals surface area contributed by atoms with Gasteiger partial charge >= 0.3 is 17.9 Å². The minimum absolute atomic E-state index is 0.0885. The number of carbonyl (C=O) groups is 3. The summed E-state index contributed by atoms with van der Waals surface area (Å²) < 4.78 is 16.9. The quantitative estimate of drug-likeness (QED) is 0.0261. The van der Waals surface area contributed by atoms with Gasteiger partial charge in [0.15, 0.2) is 6.10 Å². The van der Waals surface area contributed by atoms with E-state index >= 15 is 0 Å². The maximum atomic E-state index is 12.9. The Labute approximate surface area is 458 Å². The second-order valence-electron chi connectivity index (χ2n) is 20.9. The fraction of sp³-hybridized carbons (Fsp3) is 0.750. The van der Waals surface area contributed by atoms with Crippen molar-refractivity contribution in [3.8, 4) is 0 Å². The average molecular weight is 1030 g/mol. The third-order valence-electron chi connectivity index (χ3n) is 13.6. The van der Waals surface area contributed by atoms with Crippen LogP contribution < -0.4 is 0 Å². The Morgan fingerprint density at radius 3 is 0.838 bits per heavy atom. The Kier molecular flexibility index (Phi) is 59.3. The molecule has 0 N–H and O–H groups in total. The molecular formula is C68H118O6. The first kappa shape index (κ1) is 70.6. The van der Waals surface area contributed by atoms with E-state index in [9.17, 15) is 14.4 Å². The molecule has 0 heterocycles. The van der Waals surface area contributed by atoms with Crippen LogP contribution in [-0.4, -0.2) is 37.2 Å². The summed E-state index contributed by atoms with van der Waals surface area (Å²) >= 11 is 0. The number of esters is 3. The van der Waals surface area contributed by atoms with Crippen molar-refractivity contribution in [3.05, 3.63) is 85.1 Å². The van der Waals surface area contributed by atoms with Gasteiger partial charge in [0.25, 0.3) is 0 Å². The molecule has 0 saturated carbocycles. The molecule has 0 aromatic heterocycles. The molecule has 6 nitrogen and oxygen atoms in total. The molecule has 0 radical (unpaired) electrons. The SMILES string of the molecule is CC/C=C\C/C=C\C/C=C\C/C=C\CCCCCCC(=O)OC(COC(=O)CCCCCCC/C=C\CCCCCCC)COC(=O)CCCCCCCCCCCCCCC/C=C\C/C=C\CCCCCCC. The van der Waals surface area contributed by atoms with Gasteiger partial charge in [-0.05, 0) is 116 Å². The molecule has 0 rings (SSSR count). The monoisotopic (exact) mass is 1030 g/mol. The summed E-state index contributed by atoms with van der Waals surface area (Å²) in [7, 11) is 0. The summed E-state index contributed by atoms with van der Waals surface area (Å²) in [4.78, 5) is 38.3. The number of hydrogen-bond acceptors (Lipinski definition) is 6. The Morgan fingerprint density at radius 2 is 0.527 bits per heavy atom. The first-order valence-electron chi connectivity index (χ1n) is 31.6. The topological polar surface area (TPSA) is 78.9 Å². The third kappa shape index (κ3) is 59.5. The van der Waals surface area contributed by atoms with Gasteiger partial charge in [0.2, 0.25) is 0 Å². The van der Waals surface area contributed by atoms with Gasteiger partial charge in [0.1, 0.15) is 13.2 Å². The first-order chi connectivity index (χ1) is 36.5. The van der Waals surface area contributed by atoms with E-state index in [-0.39, 0.29) is 31.1 Å². The van der Waals surface area contributed by atoms with Crippen molar-refractivity contribution in [2.75, 3.05) is 13.2 Å².